The van der Waals surface area contributed by atoms with E-state index >= 15 is 0 Å². The van der Waals surface area contributed by atoms with Crippen LogP contribution in [0.1, 0.15) is 0 Å². The minimum atomic E-state index is 0.744. The zero-order valence-electron chi connectivity index (χ0n) is 9.12. The highest BCUT2D eigenvalue weighted by molar-refractivity contribution is 4.65. The number of ether oxygens (including phenoxy) is 2. The van der Waals surface area contributed by atoms with Crippen LogP contribution in [0.3, 0.4) is 0 Å². The molecule has 0 aliphatic carbocycles. The van der Waals surface area contributed by atoms with Gasteiger partial charge in [-0.05, 0) is 14.1 Å². The lowest BCUT2D eigenvalue weighted by atomic mass is 10.5. The molecule has 0 aliphatic heterocycles. The second-order valence-electron chi connectivity index (χ2n) is 3.10. The third kappa shape index (κ3) is 8.18. The van der Waals surface area contributed by atoms with Crippen LogP contribution < -0.4 is 0 Å². The van der Waals surface area contributed by atoms with E-state index in [1.54, 1.807) is 14.2 Å². The molecule has 13 heavy (non-hydrogen) atoms. The van der Waals surface area contributed by atoms with E-state index in [1.165, 1.54) is 0 Å². The van der Waals surface area contributed by atoms with Crippen molar-refractivity contribution >= 4 is 0 Å². The fourth-order valence-corrected chi connectivity index (χ4v) is 0.971. The van der Waals surface area contributed by atoms with Gasteiger partial charge < -0.3 is 9.47 Å². The molecule has 0 unspecified atom stereocenters. The van der Waals surface area contributed by atoms with Crippen molar-refractivity contribution in [3.8, 4) is 0 Å². The number of hydrogen-bond acceptors (Lipinski definition) is 4. The van der Waals surface area contributed by atoms with Gasteiger partial charge in [-0.3, -0.25) is 9.80 Å². The van der Waals surface area contributed by atoms with Crippen LogP contribution in [0, 0.1) is 6.67 Å². The van der Waals surface area contributed by atoms with Crippen molar-refractivity contribution in [2.75, 3.05) is 54.6 Å². The average Bonchev–Trinajstić information content (AvgIpc) is 2.09. The molecule has 79 valence electrons. The van der Waals surface area contributed by atoms with E-state index in [2.05, 4.69) is 11.6 Å². The average molecular weight is 189 g/mol. The fourth-order valence-electron chi connectivity index (χ4n) is 0.971. The van der Waals surface area contributed by atoms with Gasteiger partial charge in [0.25, 0.3) is 0 Å². The predicted molar refractivity (Wildman–Crippen MR) is 53.3 cm³/mol. The molecule has 0 saturated carbocycles. The third-order valence-corrected chi connectivity index (χ3v) is 1.56. The zero-order valence-corrected chi connectivity index (χ0v) is 9.12. The summed E-state index contributed by atoms with van der Waals surface area (Å²) in [5.74, 6) is 0. The van der Waals surface area contributed by atoms with Gasteiger partial charge in [0.1, 0.15) is 0 Å². The molecule has 1 radical (unpaired) electrons. The van der Waals surface area contributed by atoms with Crippen LogP contribution in [-0.4, -0.2) is 64.4 Å². The van der Waals surface area contributed by atoms with Crippen LogP contribution in [0.25, 0.3) is 0 Å². The monoisotopic (exact) mass is 189 g/mol. The summed E-state index contributed by atoms with van der Waals surface area (Å²) in [7, 11) is 7.44. The molecule has 4 nitrogen and oxygen atoms in total. The van der Waals surface area contributed by atoms with Crippen molar-refractivity contribution in [3.63, 3.8) is 0 Å². The van der Waals surface area contributed by atoms with Crippen LogP contribution in [0.15, 0.2) is 0 Å². The van der Waals surface area contributed by atoms with Gasteiger partial charge in [-0.25, -0.2) is 0 Å². The predicted octanol–water partition coefficient (Wildman–Crippen LogP) is 0.262. The van der Waals surface area contributed by atoms with Crippen LogP contribution in [0.2, 0.25) is 0 Å². The van der Waals surface area contributed by atoms with E-state index in [0.29, 0.717) is 0 Å². The molecule has 0 rings (SSSR count). The van der Waals surface area contributed by atoms with Crippen molar-refractivity contribution in [2.45, 2.75) is 0 Å². The Morgan fingerprint density at radius 3 is 1.77 bits per heavy atom. The standard InChI is InChI=1S/C9H21N2O2/c1-10(2)9-11(5-7-12-3)6-8-13-4/h9H,5-8H2,1-4H3. The number of rotatable bonds is 8. The lowest BCUT2D eigenvalue weighted by molar-refractivity contribution is 0.113. The van der Waals surface area contributed by atoms with Gasteiger partial charge in [-0.2, -0.15) is 0 Å². The van der Waals surface area contributed by atoms with Gasteiger partial charge in [0.2, 0.25) is 0 Å². The molecule has 0 aromatic carbocycles. The van der Waals surface area contributed by atoms with Gasteiger partial charge in [-0.15, -0.1) is 0 Å². The second-order valence-corrected chi connectivity index (χ2v) is 3.10. The van der Waals surface area contributed by atoms with Gasteiger partial charge in [-0.1, -0.05) is 0 Å². The van der Waals surface area contributed by atoms with Crippen LogP contribution in [0.5, 0.6) is 0 Å². The van der Waals surface area contributed by atoms with Crippen LogP contribution in [0.4, 0.5) is 0 Å². The van der Waals surface area contributed by atoms with Crippen molar-refractivity contribution in [2.24, 2.45) is 0 Å². The normalized spacial score (nSPS) is 11.5. The molecule has 0 bridgehead atoms. The quantitative estimate of drug-likeness (QED) is 0.547. The van der Waals surface area contributed by atoms with Crippen LogP contribution >= 0.6 is 0 Å². The lowest BCUT2D eigenvalue weighted by Gasteiger charge is -2.24. The maximum atomic E-state index is 5.01. The largest absolute Gasteiger partial charge is 0.383 e. The summed E-state index contributed by atoms with van der Waals surface area (Å²) in [6.07, 6.45) is 0. The summed E-state index contributed by atoms with van der Waals surface area (Å²) >= 11 is 0. The van der Waals surface area contributed by atoms with Gasteiger partial charge >= 0.3 is 0 Å². The molecule has 0 aromatic heterocycles. The maximum absolute atomic E-state index is 5.01. The van der Waals surface area contributed by atoms with E-state index in [-0.39, 0.29) is 0 Å². The Bertz CT molecular complexity index is 102. The molecule has 0 fully saturated rings. The summed E-state index contributed by atoms with van der Waals surface area (Å²) in [4.78, 5) is 4.19. The Balaban J connectivity index is 3.60. The van der Waals surface area contributed by atoms with Crippen molar-refractivity contribution in [1.82, 2.24) is 9.80 Å². The van der Waals surface area contributed by atoms with Gasteiger partial charge in [0.05, 0.1) is 19.9 Å². The Labute approximate surface area is 81.4 Å². The first kappa shape index (κ1) is 12.8. The molecule has 0 amide bonds. The van der Waals surface area contributed by atoms with Crippen LogP contribution in [-0.2, 0) is 9.47 Å². The summed E-state index contributed by atoms with van der Waals surface area (Å²) in [6.45, 7) is 5.34. The lowest BCUT2D eigenvalue weighted by Crippen LogP contribution is -2.33. The summed E-state index contributed by atoms with van der Waals surface area (Å²) in [5, 5.41) is 0. The highest BCUT2D eigenvalue weighted by Gasteiger charge is 2.05. The minimum absolute atomic E-state index is 0.744. The molecular formula is C9H21N2O2. The summed E-state index contributed by atoms with van der Waals surface area (Å²) < 4.78 is 10.0. The zero-order chi connectivity index (χ0) is 10.1. The van der Waals surface area contributed by atoms with Crippen molar-refractivity contribution in [1.29, 1.82) is 0 Å². The second kappa shape index (κ2) is 8.44. The SMILES string of the molecule is COCCN([CH]N(C)C)CCOC. The fraction of sp³-hybridized carbons (Fsp3) is 0.889. The molecule has 0 aliphatic rings. The summed E-state index contributed by atoms with van der Waals surface area (Å²) in [5.41, 5.74) is 0. The Morgan fingerprint density at radius 2 is 1.46 bits per heavy atom. The van der Waals surface area contributed by atoms with E-state index in [1.807, 2.05) is 19.0 Å². The number of methoxy groups -OCH3 is 2. The molecule has 0 atom stereocenters. The first-order chi connectivity index (χ1) is 6.20. The third-order valence-electron chi connectivity index (χ3n) is 1.56. The molecule has 0 N–H and O–H groups in total. The first-order valence-electron chi connectivity index (χ1n) is 4.44. The number of nitrogens with zero attached hydrogens (tertiary/aromatic N) is 2. The van der Waals surface area contributed by atoms with E-state index in [4.69, 9.17) is 9.47 Å². The smallest absolute Gasteiger partial charge is 0.0917 e. The minimum Gasteiger partial charge on any atom is -0.383 e. The first-order valence-corrected chi connectivity index (χ1v) is 4.44. The molecule has 0 spiro atoms. The Kier molecular flexibility index (Phi) is 8.33. The van der Waals surface area contributed by atoms with E-state index < -0.39 is 0 Å². The molecular weight excluding hydrogens is 168 g/mol. The summed E-state index contributed by atoms with van der Waals surface area (Å²) in [6, 6.07) is 0. The van der Waals surface area contributed by atoms with Crippen molar-refractivity contribution < 1.29 is 9.47 Å². The topological polar surface area (TPSA) is 24.9 Å². The highest BCUT2D eigenvalue weighted by atomic mass is 16.5. The Hall–Kier alpha value is -0.160. The van der Waals surface area contributed by atoms with Gasteiger partial charge in [0.15, 0.2) is 0 Å². The van der Waals surface area contributed by atoms with Gasteiger partial charge in [0, 0.05) is 27.3 Å². The van der Waals surface area contributed by atoms with E-state index in [0.717, 1.165) is 26.3 Å². The maximum Gasteiger partial charge on any atom is 0.0917 e. The molecule has 0 aromatic rings. The Morgan fingerprint density at radius 1 is 1.00 bits per heavy atom. The molecule has 0 heterocycles. The van der Waals surface area contributed by atoms with Crippen molar-refractivity contribution in [3.05, 3.63) is 6.67 Å². The highest BCUT2D eigenvalue weighted by Crippen LogP contribution is 1.95. The molecule has 4 heteroatoms. The van der Waals surface area contributed by atoms with E-state index in [9.17, 15) is 0 Å². The molecule has 0 saturated heterocycles. The number of hydrogen-bond donors (Lipinski definition) is 0.